The second kappa shape index (κ2) is 6.01. The summed E-state index contributed by atoms with van der Waals surface area (Å²) >= 11 is 11.8. The van der Waals surface area contributed by atoms with Crippen molar-refractivity contribution in [2.45, 2.75) is 18.5 Å². The highest BCUT2D eigenvalue weighted by Crippen LogP contribution is 2.47. The normalized spacial score (nSPS) is 20.7. The number of halogens is 5. The summed E-state index contributed by atoms with van der Waals surface area (Å²) in [5, 5.41) is 3.25. The van der Waals surface area contributed by atoms with E-state index in [-0.39, 0.29) is 22.2 Å². The van der Waals surface area contributed by atoms with Gasteiger partial charge in [-0.1, -0.05) is 47.0 Å². The van der Waals surface area contributed by atoms with E-state index in [9.17, 15) is 13.2 Å². The first-order valence-electron chi connectivity index (χ1n) is 7.28. The predicted octanol–water partition coefficient (Wildman–Crippen LogP) is 5.75. The van der Waals surface area contributed by atoms with Gasteiger partial charge in [0.2, 0.25) is 0 Å². The van der Waals surface area contributed by atoms with Gasteiger partial charge in [-0.05, 0) is 48.4 Å². The molecule has 1 N–H and O–H groups in total. The zero-order valence-corrected chi connectivity index (χ0v) is 14.2. The molecule has 0 saturated carbocycles. The molecule has 2 aromatic carbocycles. The van der Waals surface area contributed by atoms with Crippen LogP contribution in [0.5, 0.6) is 0 Å². The smallest absolute Gasteiger partial charge is 0.383 e. The van der Waals surface area contributed by atoms with Crippen LogP contribution in [0.4, 0.5) is 13.2 Å². The van der Waals surface area contributed by atoms with Crippen LogP contribution in [0.3, 0.4) is 0 Å². The lowest BCUT2D eigenvalue weighted by atomic mass is 9.80. The Labute approximate surface area is 148 Å². The monoisotopic (exact) mass is 371 g/mol. The van der Waals surface area contributed by atoms with Crippen molar-refractivity contribution >= 4 is 28.9 Å². The van der Waals surface area contributed by atoms with E-state index in [0.29, 0.717) is 11.3 Å². The van der Waals surface area contributed by atoms with E-state index >= 15 is 0 Å². The van der Waals surface area contributed by atoms with Crippen LogP contribution in [0.25, 0.3) is 5.70 Å². The van der Waals surface area contributed by atoms with Gasteiger partial charge in [-0.15, -0.1) is 0 Å². The fourth-order valence-corrected chi connectivity index (χ4v) is 3.45. The quantitative estimate of drug-likeness (QED) is 0.708. The number of hydrogen-bond acceptors (Lipinski definition) is 1. The fourth-order valence-electron chi connectivity index (χ4n) is 2.92. The van der Waals surface area contributed by atoms with Crippen LogP contribution in [-0.4, -0.2) is 12.7 Å². The Morgan fingerprint density at radius 3 is 2.29 bits per heavy atom. The molecule has 1 aliphatic heterocycles. The summed E-state index contributed by atoms with van der Waals surface area (Å²) in [5.41, 5.74) is 0.00944. The third-order valence-corrected chi connectivity index (χ3v) is 4.60. The highest BCUT2D eigenvalue weighted by Gasteiger charge is 2.57. The Hall–Kier alpha value is -1.65. The van der Waals surface area contributed by atoms with Crippen molar-refractivity contribution in [1.29, 1.82) is 0 Å². The molecular weight excluding hydrogens is 358 g/mol. The second-order valence-corrected chi connectivity index (χ2v) is 6.78. The molecule has 0 amide bonds. The SMILES string of the molecule is Cc1cccc(C2=C[C@](c3cc(Cl)cc(Cl)c3)(C(F)(F)F)CN2)c1. The summed E-state index contributed by atoms with van der Waals surface area (Å²) in [5.74, 6) is 0. The fraction of sp³-hybridized carbons (Fsp3) is 0.222. The second-order valence-electron chi connectivity index (χ2n) is 5.91. The van der Waals surface area contributed by atoms with Crippen molar-refractivity contribution in [3.8, 4) is 0 Å². The van der Waals surface area contributed by atoms with E-state index in [2.05, 4.69) is 5.32 Å². The van der Waals surface area contributed by atoms with E-state index < -0.39 is 11.6 Å². The van der Waals surface area contributed by atoms with Crippen molar-refractivity contribution in [2.75, 3.05) is 6.54 Å². The van der Waals surface area contributed by atoms with Crippen molar-refractivity contribution in [3.63, 3.8) is 0 Å². The summed E-state index contributed by atoms with van der Waals surface area (Å²) in [6.45, 7) is 1.60. The summed E-state index contributed by atoms with van der Waals surface area (Å²) in [6.07, 6.45) is -3.26. The third-order valence-electron chi connectivity index (χ3n) is 4.16. The zero-order chi connectivity index (χ0) is 17.5. The lowest BCUT2D eigenvalue weighted by Crippen LogP contribution is -2.44. The van der Waals surface area contributed by atoms with Gasteiger partial charge < -0.3 is 5.32 Å². The molecule has 1 aliphatic rings. The molecule has 1 heterocycles. The lowest BCUT2D eigenvalue weighted by molar-refractivity contribution is -0.172. The molecule has 0 unspecified atom stereocenters. The minimum atomic E-state index is -4.49. The van der Waals surface area contributed by atoms with Gasteiger partial charge in [0, 0.05) is 22.3 Å². The van der Waals surface area contributed by atoms with E-state index in [1.165, 1.54) is 24.3 Å². The van der Waals surface area contributed by atoms with Gasteiger partial charge >= 0.3 is 6.18 Å². The lowest BCUT2D eigenvalue weighted by Gasteiger charge is -2.30. The van der Waals surface area contributed by atoms with E-state index in [1.807, 2.05) is 25.1 Å². The maximum Gasteiger partial charge on any atom is 0.403 e. The van der Waals surface area contributed by atoms with Crippen LogP contribution in [0.2, 0.25) is 10.0 Å². The van der Waals surface area contributed by atoms with Gasteiger partial charge in [-0.3, -0.25) is 0 Å². The van der Waals surface area contributed by atoms with Gasteiger partial charge in [-0.2, -0.15) is 13.2 Å². The molecule has 0 bridgehead atoms. The standard InChI is InChI=1S/C18H14Cl2F3N/c1-11-3-2-4-12(5-11)16-9-17(10-24-16,18(21,22)23)13-6-14(19)8-15(20)7-13/h2-9,24H,10H2,1H3/t17-/m0/s1. The van der Waals surface area contributed by atoms with Crippen LogP contribution in [0, 0.1) is 6.92 Å². The first-order valence-corrected chi connectivity index (χ1v) is 8.04. The van der Waals surface area contributed by atoms with Gasteiger partial charge in [0.1, 0.15) is 5.41 Å². The number of alkyl halides is 3. The van der Waals surface area contributed by atoms with Crippen LogP contribution in [0.15, 0.2) is 48.5 Å². The minimum absolute atomic E-state index is 0.0302. The Morgan fingerprint density at radius 1 is 1.04 bits per heavy atom. The van der Waals surface area contributed by atoms with Gasteiger partial charge in [-0.25, -0.2) is 0 Å². The number of benzene rings is 2. The highest BCUT2D eigenvalue weighted by molar-refractivity contribution is 6.34. The first-order chi connectivity index (χ1) is 11.2. The number of aryl methyl sites for hydroxylation is 1. The molecule has 1 nitrogen and oxygen atoms in total. The van der Waals surface area contributed by atoms with E-state index in [4.69, 9.17) is 23.2 Å². The molecule has 0 aromatic heterocycles. The Balaban J connectivity index is 2.15. The van der Waals surface area contributed by atoms with Gasteiger partial charge in [0.25, 0.3) is 0 Å². The van der Waals surface area contributed by atoms with E-state index in [0.717, 1.165) is 5.56 Å². The van der Waals surface area contributed by atoms with Crippen molar-refractivity contribution in [1.82, 2.24) is 5.32 Å². The molecule has 0 aliphatic carbocycles. The Morgan fingerprint density at radius 2 is 1.71 bits per heavy atom. The van der Waals surface area contributed by atoms with Gasteiger partial charge in [0.15, 0.2) is 0 Å². The molecule has 0 spiro atoms. The molecule has 0 fully saturated rings. The Kier molecular flexibility index (Phi) is 4.30. The number of rotatable bonds is 2. The summed E-state index contributed by atoms with van der Waals surface area (Å²) < 4.78 is 41.9. The number of hydrogen-bond donors (Lipinski definition) is 1. The summed E-state index contributed by atoms with van der Waals surface area (Å²) in [6, 6.07) is 11.4. The molecule has 1 atom stereocenters. The number of nitrogens with one attached hydrogen (secondary N) is 1. The maximum absolute atomic E-state index is 14.0. The Bertz CT molecular complexity index is 794. The largest absolute Gasteiger partial charge is 0.403 e. The zero-order valence-electron chi connectivity index (χ0n) is 12.7. The van der Waals surface area contributed by atoms with Crippen LogP contribution in [-0.2, 0) is 5.41 Å². The van der Waals surface area contributed by atoms with Crippen LogP contribution >= 0.6 is 23.2 Å². The third kappa shape index (κ3) is 3.01. The maximum atomic E-state index is 14.0. The van der Waals surface area contributed by atoms with Crippen LogP contribution in [0.1, 0.15) is 16.7 Å². The average molecular weight is 372 g/mol. The molecular formula is C18H14Cl2F3N. The van der Waals surface area contributed by atoms with Crippen molar-refractivity contribution < 1.29 is 13.2 Å². The molecule has 3 rings (SSSR count). The molecule has 2 aromatic rings. The van der Waals surface area contributed by atoms with Crippen LogP contribution < -0.4 is 5.32 Å². The van der Waals surface area contributed by atoms with Crippen molar-refractivity contribution in [3.05, 3.63) is 75.3 Å². The summed E-state index contributed by atoms with van der Waals surface area (Å²) in [7, 11) is 0. The first kappa shape index (κ1) is 17.2. The minimum Gasteiger partial charge on any atom is -0.383 e. The average Bonchev–Trinajstić information content (AvgIpc) is 2.92. The molecule has 0 radical (unpaired) electrons. The molecule has 6 heteroatoms. The highest BCUT2D eigenvalue weighted by atomic mass is 35.5. The van der Waals surface area contributed by atoms with Gasteiger partial charge in [0.05, 0.1) is 0 Å². The topological polar surface area (TPSA) is 12.0 Å². The summed E-state index contributed by atoms with van der Waals surface area (Å²) in [4.78, 5) is 0. The molecule has 24 heavy (non-hydrogen) atoms. The van der Waals surface area contributed by atoms with Crippen molar-refractivity contribution in [2.24, 2.45) is 0 Å². The molecule has 0 saturated heterocycles. The van der Waals surface area contributed by atoms with E-state index in [1.54, 1.807) is 6.07 Å². The molecule has 126 valence electrons. The predicted molar refractivity (Wildman–Crippen MR) is 91.4 cm³/mol.